The van der Waals surface area contributed by atoms with E-state index in [1.807, 2.05) is 36.1 Å². The van der Waals surface area contributed by atoms with Crippen LogP contribution >= 0.6 is 0 Å². The van der Waals surface area contributed by atoms with Crippen LogP contribution in [0.2, 0.25) is 0 Å². The SMILES string of the molecule is C[C@H]1COc2c(N3CCN(C4COc5ccccc5/C4=N\O)CC3)c(F)cc3c(=O)c(C(=O)O)cn1c23. The molecule has 3 aliphatic rings. The first kappa shape index (κ1) is 23.3. The summed E-state index contributed by atoms with van der Waals surface area (Å²) < 4.78 is 29.1. The Bertz CT molecular complexity index is 1510. The zero-order chi connectivity index (χ0) is 25.8. The van der Waals surface area contributed by atoms with Crippen molar-refractivity contribution >= 4 is 28.3 Å². The fraction of sp³-hybridized carbons (Fsp3) is 0.346. The highest BCUT2D eigenvalue weighted by Crippen LogP contribution is 2.42. The van der Waals surface area contributed by atoms with Crippen molar-refractivity contribution in [1.29, 1.82) is 0 Å². The van der Waals surface area contributed by atoms with Gasteiger partial charge in [0, 0.05) is 37.9 Å². The van der Waals surface area contributed by atoms with Crippen molar-refractivity contribution < 1.29 is 29.0 Å². The second kappa shape index (κ2) is 8.77. The van der Waals surface area contributed by atoms with Gasteiger partial charge in [0.05, 0.1) is 23.0 Å². The number of pyridine rings is 1. The minimum absolute atomic E-state index is 0.0110. The lowest BCUT2D eigenvalue weighted by atomic mass is 9.98. The monoisotopic (exact) mass is 508 g/mol. The summed E-state index contributed by atoms with van der Waals surface area (Å²) in [5.74, 6) is -1.06. The van der Waals surface area contributed by atoms with E-state index in [2.05, 4.69) is 10.1 Å². The first-order valence-corrected chi connectivity index (χ1v) is 12.1. The Labute approximate surface area is 210 Å². The number of halogens is 1. The van der Waals surface area contributed by atoms with E-state index in [-0.39, 0.29) is 35.5 Å². The largest absolute Gasteiger partial charge is 0.491 e. The Kier molecular flexibility index (Phi) is 5.52. The lowest BCUT2D eigenvalue weighted by Gasteiger charge is -2.42. The fourth-order valence-corrected chi connectivity index (χ4v) is 5.55. The van der Waals surface area contributed by atoms with E-state index >= 15 is 4.39 Å². The minimum atomic E-state index is -1.35. The van der Waals surface area contributed by atoms with Crippen molar-refractivity contribution in [2.24, 2.45) is 5.16 Å². The number of carbonyl (C=O) groups is 1. The molecule has 2 N–H and O–H groups in total. The van der Waals surface area contributed by atoms with Gasteiger partial charge >= 0.3 is 5.97 Å². The zero-order valence-corrected chi connectivity index (χ0v) is 20.1. The Morgan fingerprint density at radius 1 is 1.14 bits per heavy atom. The van der Waals surface area contributed by atoms with Gasteiger partial charge in [0.2, 0.25) is 5.43 Å². The van der Waals surface area contributed by atoms with Crippen molar-refractivity contribution in [1.82, 2.24) is 9.47 Å². The van der Waals surface area contributed by atoms with Crippen LogP contribution < -0.4 is 19.8 Å². The minimum Gasteiger partial charge on any atom is -0.491 e. The first-order chi connectivity index (χ1) is 17.9. The Hall–Kier alpha value is -4.12. The maximum atomic E-state index is 15.5. The third-order valence-electron chi connectivity index (χ3n) is 7.43. The average molecular weight is 509 g/mol. The summed E-state index contributed by atoms with van der Waals surface area (Å²) in [5.41, 5.74) is 0.816. The van der Waals surface area contributed by atoms with Crippen LogP contribution in [0.3, 0.4) is 0 Å². The van der Waals surface area contributed by atoms with Crippen LogP contribution in [0.1, 0.15) is 28.9 Å². The quantitative estimate of drug-likeness (QED) is 0.410. The van der Waals surface area contributed by atoms with Crippen molar-refractivity contribution in [3.63, 3.8) is 0 Å². The summed E-state index contributed by atoms with van der Waals surface area (Å²) in [6.45, 7) is 4.43. The molecule has 37 heavy (non-hydrogen) atoms. The molecule has 1 fully saturated rings. The maximum Gasteiger partial charge on any atom is 0.341 e. The van der Waals surface area contributed by atoms with Gasteiger partial charge in [-0.05, 0) is 25.1 Å². The van der Waals surface area contributed by atoms with Crippen LogP contribution in [-0.4, -0.2) is 76.9 Å². The normalized spacial score (nSPS) is 22.4. The number of carboxylic acid groups (broad SMARTS) is 1. The molecule has 1 unspecified atom stereocenters. The van der Waals surface area contributed by atoms with E-state index in [9.17, 15) is 19.9 Å². The van der Waals surface area contributed by atoms with Crippen molar-refractivity contribution in [3.05, 3.63) is 63.7 Å². The Morgan fingerprint density at radius 2 is 1.89 bits per heavy atom. The number of piperazine rings is 1. The van der Waals surface area contributed by atoms with E-state index in [0.717, 1.165) is 11.6 Å². The number of nitrogens with zero attached hydrogens (tertiary/aromatic N) is 4. The van der Waals surface area contributed by atoms with Gasteiger partial charge in [0.1, 0.15) is 35.9 Å². The number of hydrogen-bond acceptors (Lipinski definition) is 8. The van der Waals surface area contributed by atoms with Crippen molar-refractivity contribution in [2.75, 3.05) is 44.3 Å². The predicted octanol–water partition coefficient (Wildman–Crippen LogP) is 2.55. The molecule has 4 heterocycles. The number of aromatic carboxylic acids is 1. The average Bonchev–Trinajstić information content (AvgIpc) is 2.91. The molecule has 2 aromatic carbocycles. The van der Waals surface area contributed by atoms with Gasteiger partial charge in [-0.1, -0.05) is 17.3 Å². The molecule has 0 saturated carbocycles. The number of ether oxygens (including phenoxy) is 2. The lowest BCUT2D eigenvalue weighted by molar-refractivity contribution is 0.0694. The van der Waals surface area contributed by atoms with Crippen LogP contribution in [0.4, 0.5) is 10.1 Å². The molecule has 6 rings (SSSR count). The zero-order valence-electron chi connectivity index (χ0n) is 20.1. The van der Waals surface area contributed by atoms with Gasteiger partial charge in [-0.3, -0.25) is 9.69 Å². The Balaban J connectivity index is 1.33. The second-order valence-electron chi connectivity index (χ2n) is 9.51. The number of para-hydroxylation sites is 1. The second-order valence-corrected chi connectivity index (χ2v) is 9.51. The summed E-state index contributed by atoms with van der Waals surface area (Å²) in [7, 11) is 0. The molecule has 1 saturated heterocycles. The molecule has 10 nitrogen and oxygen atoms in total. The third kappa shape index (κ3) is 3.60. The van der Waals surface area contributed by atoms with Gasteiger partial charge in [0.15, 0.2) is 11.6 Å². The van der Waals surface area contributed by atoms with Crippen LogP contribution in [-0.2, 0) is 0 Å². The van der Waals surface area contributed by atoms with E-state index in [0.29, 0.717) is 49.8 Å². The third-order valence-corrected chi connectivity index (χ3v) is 7.43. The summed E-state index contributed by atoms with van der Waals surface area (Å²) in [4.78, 5) is 28.5. The van der Waals surface area contributed by atoms with Crippen LogP contribution in [0, 0.1) is 5.82 Å². The molecule has 0 bridgehead atoms. The number of aromatic nitrogens is 1. The first-order valence-electron chi connectivity index (χ1n) is 12.1. The molecule has 0 radical (unpaired) electrons. The van der Waals surface area contributed by atoms with Gasteiger partial charge in [-0.25, -0.2) is 9.18 Å². The molecule has 0 spiro atoms. The molecular weight excluding hydrogens is 483 g/mol. The highest BCUT2D eigenvalue weighted by atomic mass is 19.1. The highest BCUT2D eigenvalue weighted by Gasteiger charge is 2.36. The van der Waals surface area contributed by atoms with E-state index in [4.69, 9.17) is 9.47 Å². The van der Waals surface area contributed by atoms with Crippen LogP contribution in [0.5, 0.6) is 11.5 Å². The Morgan fingerprint density at radius 3 is 2.62 bits per heavy atom. The van der Waals surface area contributed by atoms with Crippen LogP contribution in [0.25, 0.3) is 10.9 Å². The number of anilines is 1. The number of benzene rings is 2. The molecule has 0 aliphatic carbocycles. The fourth-order valence-electron chi connectivity index (χ4n) is 5.55. The van der Waals surface area contributed by atoms with Gasteiger partial charge < -0.3 is 29.3 Å². The van der Waals surface area contributed by atoms with Crippen LogP contribution in [0.15, 0.2) is 46.5 Å². The maximum absolute atomic E-state index is 15.5. The van der Waals surface area contributed by atoms with Gasteiger partial charge in [0.25, 0.3) is 0 Å². The number of rotatable bonds is 3. The van der Waals surface area contributed by atoms with Gasteiger partial charge in [-0.15, -0.1) is 0 Å². The van der Waals surface area contributed by atoms with Crippen molar-refractivity contribution in [2.45, 2.75) is 19.0 Å². The molecule has 2 atom stereocenters. The summed E-state index contributed by atoms with van der Waals surface area (Å²) in [6.07, 6.45) is 1.32. The topological polar surface area (TPSA) is 117 Å². The van der Waals surface area contributed by atoms with Gasteiger partial charge in [-0.2, -0.15) is 0 Å². The van der Waals surface area contributed by atoms with Crippen molar-refractivity contribution in [3.8, 4) is 11.5 Å². The number of oxime groups is 1. The summed E-state index contributed by atoms with van der Waals surface area (Å²) in [6, 6.07) is 8.06. The molecule has 3 aliphatic heterocycles. The summed E-state index contributed by atoms with van der Waals surface area (Å²) >= 11 is 0. The molecule has 1 aromatic heterocycles. The standard InChI is InChI=1S/C26H25FN4O6/c1-14-12-37-25-22-16(24(32)17(26(33)34)11-31(14)22)10-18(27)23(25)30-8-6-29(7-9-30)19-13-36-20-5-3-2-4-15(20)21(19)28-35/h2-5,10-11,14,19,35H,6-9,12-13H2,1H3,(H,33,34)/b28-21+/t14-,19?/m0/s1. The highest BCUT2D eigenvalue weighted by molar-refractivity contribution is 6.07. The molecule has 0 amide bonds. The van der Waals surface area contributed by atoms with E-state index < -0.39 is 22.8 Å². The molecule has 192 valence electrons. The van der Waals surface area contributed by atoms with E-state index in [1.165, 1.54) is 6.20 Å². The smallest absolute Gasteiger partial charge is 0.341 e. The number of carboxylic acids is 1. The van der Waals surface area contributed by atoms with E-state index in [1.54, 1.807) is 4.57 Å². The molecular formula is C26H25FN4O6. The molecule has 3 aromatic rings. The lowest BCUT2D eigenvalue weighted by Crippen LogP contribution is -2.56. The number of fused-ring (bicyclic) bond motifs is 1. The molecule has 11 heteroatoms. The summed E-state index contributed by atoms with van der Waals surface area (Å²) in [5, 5.41) is 22.8. The number of hydrogen-bond donors (Lipinski definition) is 2. The predicted molar refractivity (Wildman–Crippen MR) is 133 cm³/mol.